The molecule has 0 aliphatic rings. The molecule has 0 aromatic heterocycles. The van der Waals surface area contributed by atoms with Crippen LogP contribution in [0.5, 0.6) is 0 Å². The molecule has 0 fully saturated rings. The highest BCUT2D eigenvalue weighted by molar-refractivity contribution is 7.85. The largest absolute Gasteiger partial charge is 0.197 e. The van der Waals surface area contributed by atoms with Gasteiger partial charge in [0, 0.05) is 0 Å². The minimum Gasteiger partial charge on any atom is -0.197 e. The Hall–Kier alpha value is -0.320. The second kappa shape index (κ2) is 3.65. The summed E-state index contributed by atoms with van der Waals surface area (Å²) in [6.07, 6.45) is 0. The summed E-state index contributed by atoms with van der Waals surface area (Å²) in [6.45, 7) is 0. The van der Waals surface area contributed by atoms with E-state index in [1.807, 2.05) is 0 Å². The van der Waals surface area contributed by atoms with Gasteiger partial charge < -0.3 is 0 Å². The van der Waals surface area contributed by atoms with Crippen LogP contribution in [0.25, 0.3) is 0 Å². The van der Waals surface area contributed by atoms with Crippen LogP contribution in [0.1, 0.15) is 0 Å². The molecule has 2 unspecified atom stereocenters. The van der Waals surface area contributed by atoms with Crippen molar-refractivity contribution in [1.29, 1.82) is 10.5 Å². The quantitative estimate of drug-likeness (QED) is 0.551. The van der Waals surface area contributed by atoms with Crippen molar-refractivity contribution in [2.75, 3.05) is 0 Å². The Kier molecular flexibility index (Phi) is 3.51. The van der Waals surface area contributed by atoms with Gasteiger partial charge in [-0.3, -0.25) is 0 Å². The number of hydrogen-bond acceptors (Lipinski definition) is 2. The summed E-state index contributed by atoms with van der Waals surface area (Å²) in [4.78, 5) is 0. The molecule has 4 heteroatoms. The van der Waals surface area contributed by atoms with E-state index in [1.165, 1.54) is 0 Å². The predicted octanol–water partition coefficient (Wildman–Crippen LogP) is 1.17. The fraction of sp³-hybridized carbons (Fsp3) is 0.500. The van der Waals surface area contributed by atoms with Crippen molar-refractivity contribution in [3.8, 4) is 12.1 Å². The first-order valence-corrected chi connectivity index (χ1v) is 2.77. The molecule has 0 amide bonds. The van der Waals surface area contributed by atoms with Crippen LogP contribution < -0.4 is 0 Å². The van der Waals surface area contributed by atoms with Gasteiger partial charge in [-0.15, -0.1) is 0 Å². The molecule has 0 rings (SSSR count). The van der Waals surface area contributed by atoms with Gasteiger partial charge in [0.25, 0.3) is 0 Å². The van der Waals surface area contributed by atoms with Crippen LogP contribution in [-0.2, 0) is 0 Å². The molecular weight excluding hydrogens is 140 g/mol. The van der Waals surface area contributed by atoms with E-state index in [0.29, 0.717) is 0 Å². The Morgan fingerprint density at radius 1 is 1.00 bits per heavy atom. The molecule has 40 valence electrons. The molecule has 2 nitrogen and oxygen atoms in total. The Bertz CT molecular complexity index is 125. The number of nitrogens with zero attached hydrogens (tertiary/aromatic N) is 2. The zero-order chi connectivity index (χ0) is 6.57. The first-order chi connectivity index (χ1) is 3.72. The lowest BCUT2D eigenvalue weighted by molar-refractivity contribution is 1.12. The van der Waals surface area contributed by atoms with Crippen molar-refractivity contribution < 1.29 is 0 Å². The van der Waals surface area contributed by atoms with E-state index in [0.717, 1.165) is 0 Å². The zero-order valence-electron chi connectivity index (χ0n) is 3.87. The summed E-state index contributed by atoms with van der Waals surface area (Å²) in [7, 11) is 0. The van der Waals surface area contributed by atoms with E-state index in [9.17, 15) is 0 Å². The molecule has 8 heavy (non-hydrogen) atoms. The normalized spacial score (nSPS) is 15.5. The third kappa shape index (κ3) is 2.11. The van der Waals surface area contributed by atoms with Gasteiger partial charge in [0.15, 0.2) is 0 Å². The van der Waals surface area contributed by atoms with Crippen molar-refractivity contribution in [3.63, 3.8) is 0 Å². The summed E-state index contributed by atoms with van der Waals surface area (Å²) in [6, 6.07) is 3.41. The molecule has 0 spiro atoms. The van der Waals surface area contributed by atoms with Crippen LogP contribution in [0.2, 0.25) is 0 Å². The van der Waals surface area contributed by atoms with Crippen LogP contribution >= 0.6 is 25.3 Å². The minimum absolute atomic E-state index is 0.741. The lowest BCUT2D eigenvalue weighted by Crippen LogP contribution is -2.09. The van der Waals surface area contributed by atoms with Crippen LogP contribution in [0.4, 0.5) is 0 Å². The van der Waals surface area contributed by atoms with E-state index in [2.05, 4.69) is 25.3 Å². The summed E-state index contributed by atoms with van der Waals surface area (Å²) in [5, 5.41) is 14.6. The molecule has 2 radical (unpaired) electrons. The van der Waals surface area contributed by atoms with Gasteiger partial charge in [-0.05, 0) is 0 Å². The smallest absolute Gasteiger partial charge is 0.128 e. The lowest BCUT2D eigenvalue weighted by Gasteiger charge is -1.95. The average Bonchev–Trinajstić information content (AvgIpc) is 1.84. The molecule has 0 bridgehead atoms. The first-order valence-electron chi connectivity index (χ1n) is 1.83. The monoisotopic (exact) mass is 142 g/mol. The van der Waals surface area contributed by atoms with Gasteiger partial charge in [0.05, 0.1) is 12.1 Å². The molecule has 0 saturated carbocycles. The topological polar surface area (TPSA) is 47.6 Å². The fourth-order valence-corrected chi connectivity index (χ4v) is 0.257. The van der Waals surface area contributed by atoms with Gasteiger partial charge in [-0.25, -0.2) is 0 Å². The van der Waals surface area contributed by atoms with Crippen LogP contribution in [0.3, 0.4) is 0 Å². The van der Waals surface area contributed by atoms with E-state index in [-0.39, 0.29) is 0 Å². The SMILES string of the molecule is N#CC([S])C([S])C#N. The highest BCUT2D eigenvalue weighted by atomic mass is 32.1. The first kappa shape index (κ1) is 7.68. The highest BCUT2D eigenvalue weighted by Gasteiger charge is 2.12. The van der Waals surface area contributed by atoms with Gasteiger partial charge in [0.1, 0.15) is 10.5 Å². The van der Waals surface area contributed by atoms with E-state index >= 15 is 0 Å². The van der Waals surface area contributed by atoms with Crippen molar-refractivity contribution in [1.82, 2.24) is 0 Å². The molecule has 0 saturated heterocycles. The predicted molar refractivity (Wildman–Crippen MR) is 34.0 cm³/mol. The van der Waals surface area contributed by atoms with Crippen molar-refractivity contribution >= 4 is 25.3 Å². The van der Waals surface area contributed by atoms with Crippen LogP contribution in [-0.4, -0.2) is 10.5 Å². The maximum atomic E-state index is 8.06. The molecule has 0 aliphatic carbocycles. The number of nitriles is 2. The third-order valence-corrected chi connectivity index (χ3v) is 1.46. The number of hydrogen-bond donors (Lipinski definition) is 0. The minimum atomic E-state index is -0.741. The second-order valence-corrected chi connectivity index (χ2v) is 2.12. The van der Waals surface area contributed by atoms with E-state index in [4.69, 9.17) is 10.5 Å². The summed E-state index contributed by atoms with van der Waals surface area (Å²) in [5.41, 5.74) is 0. The zero-order valence-corrected chi connectivity index (χ0v) is 5.50. The van der Waals surface area contributed by atoms with Crippen molar-refractivity contribution in [2.45, 2.75) is 10.5 Å². The molecule has 0 heterocycles. The Morgan fingerprint density at radius 3 is 1.38 bits per heavy atom. The lowest BCUT2D eigenvalue weighted by atomic mass is 10.3. The van der Waals surface area contributed by atoms with E-state index < -0.39 is 10.5 Å². The summed E-state index contributed by atoms with van der Waals surface area (Å²) in [5.74, 6) is 0. The number of rotatable bonds is 1. The molecule has 0 N–H and O–H groups in total. The van der Waals surface area contributed by atoms with E-state index in [1.54, 1.807) is 12.1 Å². The van der Waals surface area contributed by atoms with Gasteiger partial charge in [0.2, 0.25) is 0 Å². The Morgan fingerprint density at radius 2 is 1.25 bits per heavy atom. The van der Waals surface area contributed by atoms with Gasteiger partial charge in [-0.1, -0.05) is 25.3 Å². The third-order valence-electron chi connectivity index (χ3n) is 0.529. The molecule has 0 aromatic rings. The maximum absolute atomic E-state index is 8.06. The standard InChI is InChI=1S/C4H2N2S2/c5-1-3(7)4(8)2-6/h3-4H. The Balaban J connectivity index is 3.72. The maximum Gasteiger partial charge on any atom is 0.128 e. The van der Waals surface area contributed by atoms with Gasteiger partial charge >= 0.3 is 0 Å². The average molecular weight is 142 g/mol. The van der Waals surface area contributed by atoms with Crippen LogP contribution in [0, 0.1) is 22.7 Å². The molecule has 0 aromatic carbocycles. The van der Waals surface area contributed by atoms with Gasteiger partial charge in [-0.2, -0.15) is 10.5 Å². The fourth-order valence-electron chi connectivity index (χ4n) is 0.135. The highest BCUT2D eigenvalue weighted by Crippen LogP contribution is 2.05. The molecule has 2 atom stereocenters. The Labute approximate surface area is 58.9 Å². The van der Waals surface area contributed by atoms with Crippen LogP contribution in [0.15, 0.2) is 0 Å². The van der Waals surface area contributed by atoms with Crippen molar-refractivity contribution in [2.24, 2.45) is 0 Å². The summed E-state index contributed by atoms with van der Waals surface area (Å²) < 4.78 is 0. The molecule has 0 aliphatic heterocycles. The molecular formula is C4H2N2S2. The summed E-state index contributed by atoms with van der Waals surface area (Å²) >= 11 is 8.95. The van der Waals surface area contributed by atoms with Crippen molar-refractivity contribution in [3.05, 3.63) is 0 Å². The second-order valence-electron chi connectivity index (χ2n) is 1.10.